The van der Waals surface area contributed by atoms with Gasteiger partial charge in [-0.15, -0.1) is 0 Å². The quantitative estimate of drug-likeness (QED) is 0.303. The molecule has 2 radical (unpaired) electrons. The van der Waals surface area contributed by atoms with Gasteiger partial charge in [-0.3, -0.25) is 14.3 Å². The highest BCUT2D eigenvalue weighted by Gasteiger charge is 2.49. The Morgan fingerprint density at radius 3 is 2.29 bits per heavy atom. The lowest BCUT2D eigenvalue weighted by Crippen LogP contribution is -2.50. The van der Waals surface area contributed by atoms with Gasteiger partial charge < -0.3 is 21.2 Å². The zero-order chi connectivity index (χ0) is 27.8. The number of carbonyl (C=O) groups excluding carboxylic acids is 3. The number of hydrogen-bond acceptors (Lipinski definition) is 5. The minimum Gasteiger partial charge on any atom is -0.339 e. The van der Waals surface area contributed by atoms with Crippen molar-refractivity contribution in [3.63, 3.8) is 0 Å². The number of hydrogen-bond donors (Lipinski definition) is 3. The Balaban J connectivity index is 1.58. The van der Waals surface area contributed by atoms with E-state index in [1.54, 1.807) is 0 Å². The van der Waals surface area contributed by atoms with Crippen molar-refractivity contribution >= 4 is 31.0 Å². The summed E-state index contributed by atoms with van der Waals surface area (Å²) in [7, 11) is 4.96. The van der Waals surface area contributed by atoms with Gasteiger partial charge in [-0.1, -0.05) is 6.07 Å². The van der Waals surface area contributed by atoms with Gasteiger partial charge in [-0.25, -0.2) is 4.39 Å². The molecule has 0 spiro atoms. The largest absolute Gasteiger partial charge is 0.397 e. The Morgan fingerprint density at radius 2 is 1.79 bits per heavy atom. The van der Waals surface area contributed by atoms with Crippen LogP contribution in [0.3, 0.4) is 0 Å². The van der Waals surface area contributed by atoms with Crippen LogP contribution in [-0.2, 0) is 16.1 Å². The summed E-state index contributed by atoms with van der Waals surface area (Å²) in [4.78, 5) is 37.8. The number of halogens is 4. The second-order valence-electron chi connectivity index (χ2n) is 9.91. The van der Waals surface area contributed by atoms with Crippen LogP contribution in [0.25, 0.3) is 0 Å². The first-order chi connectivity index (χ1) is 17.9. The topological polar surface area (TPSA) is 119 Å². The van der Waals surface area contributed by atoms with Crippen molar-refractivity contribution in [2.24, 2.45) is 23.5 Å². The molecule has 4 N–H and O–H groups in total. The minimum atomic E-state index is -4.96. The minimum absolute atomic E-state index is 0.151. The summed E-state index contributed by atoms with van der Waals surface area (Å²) in [6.45, 7) is 2.26. The monoisotopic (exact) mass is 533 g/mol. The van der Waals surface area contributed by atoms with Gasteiger partial charge in [-0.05, 0) is 74.1 Å². The molecule has 38 heavy (non-hydrogen) atoms. The fourth-order valence-corrected chi connectivity index (χ4v) is 5.02. The van der Waals surface area contributed by atoms with Crippen LogP contribution in [0.1, 0.15) is 54.6 Å². The number of aryl methyl sites for hydroxylation is 1. The maximum absolute atomic E-state index is 15.0. The summed E-state index contributed by atoms with van der Waals surface area (Å²) in [6, 6.07) is 0.916. The number of nitrogens with zero attached hydrogens (tertiary/aromatic N) is 2. The van der Waals surface area contributed by atoms with Crippen molar-refractivity contribution in [2.45, 2.75) is 63.3 Å². The first-order valence-corrected chi connectivity index (χ1v) is 12.5. The van der Waals surface area contributed by atoms with E-state index < -0.39 is 53.1 Å². The van der Waals surface area contributed by atoms with Gasteiger partial charge >= 0.3 is 6.18 Å². The Bertz CT molecular complexity index is 1200. The number of aromatic nitrogens is 2. The van der Waals surface area contributed by atoms with E-state index in [0.717, 1.165) is 37.8 Å². The maximum atomic E-state index is 15.0. The number of carbonyl (C=O) groups is 3. The lowest BCUT2D eigenvalue weighted by atomic mass is 9.82. The molecule has 8 nitrogen and oxygen atoms in total. The first kappa shape index (κ1) is 27.8. The van der Waals surface area contributed by atoms with E-state index in [1.165, 1.54) is 16.9 Å². The molecule has 0 aliphatic heterocycles. The molecule has 2 aliphatic rings. The first-order valence-electron chi connectivity index (χ1n) is 12.5. The van der Waals surface area contributed by atoms with Crippen molar-refractivity contribution in [1.82, 2.24) is 15.1 Å². The number of nitrogens with one attached hydrogen (secondary N) is 2. The molecular weight excluding hydrogens is 505 g/mol. The van der Waals surface area contributed by atoms with E-state index in [0.29, 0.717) is 12.6 Å². The molecule has 1 aromatic carbocycles. The molecule has 3 atom stereocenters. The molecule has 202 valence electrons. The Kier molecular flexibility index (Phi) is 7.96. The van der Waals surface area contributed by atoms with E-state index in [2.05, 4.69) is 15.7 Å². The standard InChI is InChI=1S/C25H28BF4N5O3/c1-2-35-17(9-10-32-35)23(37)34-21(18(12-3-4-12)13-5-6-13)24(38)33-16-8-7-14(11-15(16)27)19(25(28,29)30)20(31)22(26)36/h7-13,18-21H,2-6,31H2,1H3,(H,33,38)(H,34,37)/t19?,20?,21-/m0/s1. The van der Waals surface area contributed by atoms with E-state index in [-0.39, 0.29) is 29.1 Å². The predicted octanol–water partition coefficient (Wildman–Crippen LogP) is 2.88. The highest BCUT2D eigenvalue weighted by atomic mass is 19.4. The third-order valence-corrected chi connectivity index (χ3v) is 7.19. The average molecular weight is 533 g/mol. The second-order valence-corrected chi connectivity index (χ2v) is 9.91. The van der Waals surface area contributed by atoms with Crippen LogP contribution in [0.5, 0.6) is 0 Å². The van der Waals surface area contributed by atoms with Crippen LogP contribution < -0.4 is 16.4 Å². The molecule has 1 heterocycles. The summed E-state index contributed by atoms with van der Waals surface area (Å²) < 4.78 is 57.2. The average Bonchev–Trinajstić information content (AvgIpc) is 3.78. The van der Waals surface area contributed by atoms with Gasteiger partial charge in [-0.2, -0.15) is 18.3 Å². The Labute approximate surface area is 218 Å². The van der Waals surface area contributed by atoms with Gasteiger partial charge in [0.25, 0.3) is 5.91 Å². The van der Waals surface area contributed by atoms with Crippen LogP contribution in [0.15, 0.2) is 30.5 Å². The summed E-state index contributed by atoms with van der Waals surface area (Å²) in [5.74, 6) is -4.51. The molecule has 2 fully saturated rings. The number of nitrogens with two attached hydrogens (primary N) is 1. The molecular formula is C25H28BF4N5O3. The van der Waals surface area contributed by atoms with Gasteiger partial charge in [0, 0.05) is 12.7 Å². The summed E-state index contributed by atoms with van der Waals surface area (Å²) >= 11 is 0. The molecule has 2 aliphatic carbocycles. The fourth-order valence-electron chi connectivity index (χ4n) is 5.02. The molecule has 2 unspecified atom stereocenters. The van der Waals surface area contributed by atoms with Crippen LogP contribution in [0.4, 0.5) is 23.2 Å². The number of amides is 2. The molecule has 1 aromatic heterocycles. The smallest absolute Gasteiger partial charge is 0.339 e. The summed E-state index contributed by atoms with van der Waals surface area (Å²) in [5.41, 5.74) is 3.28. The molecule has 2 aromatic rings. The third-order valence-electron chi connectivity index (χ3n) is 7.19. The number of rotatable bonds is 11. The number of anilines is 1. The van der Waals surface area contributed by atoms with Gasteiger partial charge in [0.15, 0.2) is 7.85 Å². The van der Waals surface area contributed by atoms with E-state index >= 15 is 0 Å². The van der Waals surface area contributed by atoms with Crippen molar-refractivity contribution in [2.75, 3.05) is 5.32 Å². The number of benzene rings is 1. The van der Waals surface area contributed by atoms with E-state index in [9.17, 15) is 31.9 Å². The second kappa shape index (κ2) is 10.9. The van der Waals surface area contributed by atoms with Crippen molar-refractivity contribution < 1.29 is 31.9 Å². The highest BCUT2D eigenvalue weighted by molar-refractivity contribution is 6.59. The van der Waals surface area contributed by atoms with Gasteiger partial charge in [0.1, 0.15) is 23.5 Å². The predicted molar refractivity (Wildman–Crippen MR) is 131 cm³/mol. The highest BCUT2D eigenvalue weighted by Crippen LogP contribution is 2.51. The Morgan fingerprint density at radius 1 is 1.16 bits per heavy atom. The van der Waals surface area contributed by atoms with Gasteiger partial charge in [0.2, 0.25) is 5.91 Å². The normalized spacial score (nSPS) is 18.1. The van der Waals surface area contributed by atoms with Crippen molar-refractivity contribution in [3.8, 4) is 0 Å². The van der Waals surface area contributed by atoms with Crippen LogP contribution in [-0.4, -0.2) is 53.4 Å². The lowest BCUT2D eigenvalue weighted by molar-refractivity contribution is -0.158. The lowest BCUT2D eigenvalue weighted by Gasteiger charge is -2.28. The van der Waals surface area contributed by atoms with Gasteiger partial charge in [0.05, 0.1) is 17.4 Å². The molecule has 13 heteroatoms. The Hall–Kier alpha value is -3.22. The van der Waals surface area contributed by atoms with Crippen LogP contribution in [0.2, 0.25) is 0 Å². The van der Waals surface area contributed by atoms with E-state index in [1.807, 2.05) is 6.92 Å². The molecule has 0 saturated heterocycles. The van der Waals surface area contributed by atoms with E-state index in [4.69, 9.17) is 13.6 Å². The maximum Gasteiger partial charge on any atom is 0.397 e. The SMILES string of the molecule is [B]C(=O)C(N)C(c1ccc(NC(=O)[C@@H](NC(=O)c2ccnn2CC)C(C2CC2)C2CC2)c(F)c1)C(F)(F)F. The van der Waals surface area contributed by atoms with Crippen LogP contribution >= 0.6 is 0 Å². The molecule has 0 bridgehead atoms. The zero-order valence-corrected chi connectivity index (χ0v) is 20.7. The van der Waals surface area contributed by atoms with Crippen molar-refractivity contribution in [3.05, 3.63) is 47.5 Å². The zero-order valence-electron chi connectivity index (χ0n) is 20.7. The molecule has 2 amide bonds. The summed E-state index contributed by atoms with van der Waals surface area (Å²) in [6.07, 6.45) is 0.159. The third kappa shape index (κ3) is 6.08. The fraction of sp³-hybridized carbons (Fsp3) is 0.520. The molecule has 4 rings (SSSR count). The summed E-state index contributed by atoms with van der Waals surface area (Å²) in [5, 5.41) is 9.32. The van der Waals surface area contributed by atoms with Crippen LogP contribution in [0, 0.1) is 23.6 Å². The van der Waals surface area contributed by atoms with Crippen molar-refractivity contribution in [1.29, 1.82) is 0 Å². The molecule has 2 saturated carbocycles. The number of alkyl halides is 3.